The Hall–Kier alpha value is -0.900. The van der Waals surface area contributed by atoms with Gasteiger partial charge >= 0.3 is 0 Å². The molecule has 1 aromatic rings. The Labute approximate surface area is 108 Å². The summed E-state index contributed by atoms with van der Waals surface area (Å²) < 4.78 is 5.40. The van der Waals surface area contributed by atoms with E-state index in [1.165, 1.54) is 32.1 Å². The van der Waals surface area contributed by atoms with E-state index in [2.05, 4.69) is 17.1 Å². The molecular weight excluding hydrogens is 226 g/mol. The Morgan fingerprint density at radius 1 is 1.33 bits per heavy atom. The molecule has 2 aliphatic rings. The zero-order valence-corrected chi connectivity index (χ0v) is 11.2. The van der Waals surface area contributed by atoms with Crippen LogP contribution in [0.2, 0.25) is 0 Å². The van der Waals surface area contributed by atoms with Gasteiger partial charge in [0.2, 0.25) is 5.89 Å². The van der Waals surface area contributed by atoms with E-state index in [4.69, 9.17) is 10.3 Å². The van der Waals surface area contributed by atoms with Gasteiger partial charge in [0.1, 0.15) is 0 Å². The van der Waals surface area contributed by atoms with Crippen molar-refractivity contribution in [3.05, 3.63) is 11.7 Å². The molecule has 0 radical (unpaired) electrons. The lowest BCUT2D eigenvalue weighted by Gasteiger charge is -2.20. The van der Waals surface area contributed by atoms with Crippen molar-refractivity contribution in [2.24, 2.45) is 11.7 Å². The van der Waals surface area contributed by atoms with E-state index in [0.717, 1.165) is 36.9 Å². The maximum atomic E-state index is 6.35. The molecule has 2 saturated carbocycles. The predicted octanol–water partition coefficient (Wildman–Crippen LogP) is 2.79. The fourth-order valence-corrected chi connectivity index (χ4v) is 3.50. The first-order valence-electron chi connectivity index (χ1n) is 7.26. The monoisotopic (exact) mass is 249 g/mol. The van der Waals surface area contributed by atoms with Gasteiger partial charge in [-0.05, 0) is 38.0 Å². The Morgan fingerprint density at radius 2 is 2.11 bits per heavy atom. The van der Waals surface area contributed by atoms with Gasteiger partial charge in [0.05, 0.1) is 0 Å². The van der Waals surface area contributed by atoms with E-state index < -0.39 is 0 Å². The van der Waals surface area contributed by atoms with Crippen LogP contribution in [0.25, 0.3) is 0 Å². The molecule has 0 amide bonds. The zero-order valence-electron chi connectivity index (χ0n) is 11.2. The van der Waals surface area contributed by atoms with Crippen molar-refractivity contribution in [3.63, 3.8) is 0 Å². The number of nitrogens with two attached hydrogens (primary N) is 1. The number of aromatic nitrogens is 2. The minimum atomic E-state index is -0.0905. The second-order valence-electron chi connectivity index (χ2n) is 6.41. The van der Waals surface area contributed by atoms with E-state index in [9.17, 15) is 0 Å². The quantitative estimate of drug-likeness (QED) is 0.894. The Balaban J connectivity index is 1.66. The molecule has 0 aromatic carbocycles. The maximum Gasteiger partial charge on any atom is 0.228 e. The van der Waals surface area contributed by atoms with Crippen LogP contribution in [0.15, 0.2) is 4.52 Å². The van der Waals surface area contributed by atoms with E-state index in [-0.39, 0.29) is 5.54 Å². The molecule has 1 heterocycles. The molecule has 2 atom stereocenters. The molecule has 0 bridgehead atoms. The summed E-state index contributed by atoms with van der Waals surface area (Å²) >= 11 is 0. The standard InChI is InChI=1S/C14H23N3O/c1-10-4-5-11(8-10)13-16-12(18-17-13)9-14(15)6-2-3-7-14/h10-11H,2-9,15H2,1H3. The fraction of sp³-hybridized carbons (Fsp3) is 0.857. The van der Waals surface area contributed by atoms with Gasteiger partial charge in [-0.15, -0.1) is 0 Å². The Morgan fingerprint density at radius 3 is 2.78 bits per heavy atom. The smallest absolute Gasteiger partial charge is 0.228 e. The Bertz CT molecular complexity index is 409. The highest BCUT2D eigenvalue weighted by atomic mass is 16.5. The van der Waals surface area contributed by atoms with Crippen molar-refractivity contribution in [1.29, 1.82) is 0 Å². The first-order chi connectivity index (χ1) is 8.65. The van der Waals surface area contributed by atoms with Crippen molar-refractivity contribution in [3.8, 4) is 0 Å². The highest BCUT2D eigenvalue weighted by molar-refractivity contribution is 5.03. The molecule has 4 nitrogen and oxygen atoms in total. The molecular formula is C14H23N3O. The van der Waals surface area contributed by atoms with Crippen LogP contribution in [0.1, 0.15) is 69.5 Å². The molecule has 3 rings (SSSR count). The average molecular weight is 249 g/mol. The molecule has 0 saturated heterocycles. The van der Waals surface area contributed by atoms with Crippen molar-refractivity contribution >= 4 is 0 Å². The number of hydrogen-bond donors (Lipinski definition) is 1. The van der Waals surface area contributed by atoms with Crippen LogP contribution in [0.5, 0.6) is 0 Å². The van der Waals surface area contributed by atoms with E-state index in [1.807, 2.05) is 0 Å². The van der Waals surface area contributed by atoms with E-state index in [0.29, 0.717) is 5.92 Å². The minimum Gasteiger partial charge on any atom is -0.339 e. The van der Waals surface area contributed by atoms with Gasteiger partial charge in [0.15, 0.2) is 5.82 Å². The third kappa shape index (κ3) is 2.44. The lowest BCUT2D eigenvalue weighted by Crippen LogP contribution is -2.38. The molecule has 18 heavy (non-hydrogen) atoms. The molecule has 2 N–H and O–H groups in total. The summed E-state index contributed by atoms with van der Waals surface area (Å²) in [7, 11) is 0. The van der Waals surface area contributed by atoms with Crippen molar-refractivity contribution in [2.75, 3.05) is 0 Å². The highest BCUT2D eigenvalue weighted by Gasteiger charge is 2.33. The predicted molar refractivity (Wildman–Crippen MR) is 69.1 cm³/mol. The van der Waals surface area contributed by atoms with Gasteiger partial charge in [-0.1, -0.05) is 24.9 Å². The van der Waals surface area contributed by atoms with Gasteiger partial charge in [-0.3, -0.25) is 0 Å². The average Bonchev–Trinajstić information content (AvgIpc) is 3.01. The third-order valence-corrected chi connectivity index (χ3v) is 4.65. The van der Waals surface area contributed by atoms with Crippen LogP contribution in [-0.4, -0.2) is 15.7 Å². The summed E-state index contributed by atoms with van der Waals surface area (Å²) in [5.74, 6) is 2.97. The van der Waals surface area contributed by atoms with Crippen molar-refractivity contribution in [1.82, 2.24) is 10.1 Å². The third-order valence-electron chi connectivity index (χ3n) is 4.65. The van der Waals surface area contributed by atoms with E-state index >= 15 is 0 Å². The summed E-state index contributed by atoms with van der Waals surface area (Å²) in [5, 5.41) is 4.16. The highest BCUT2D eigenvalue weighted by Crippen LogP contribution is 2.37. The maximum absolute atomic E-state index is 6.35. The second kappa shape index (κ2) is 4.65. The van der Waals surface area contributed by atoms with Crippen LogP contribution >= 0.6 is 0 Å². The summed E-state index contributed by atoms with van der Waals surface area (Å²) in [5.41, 5.74) is 6.26. The first kappa shape index (κ1) is 12.2. The van der Waals surface area contributed by atoms with Crippen LogP contribution in [0.4, 0.5) is 0 Å². The normalized spacial score (nSPS) is 31.0. The van der Waals surface area contributed by atoms with Crippen LogP contribution < -0.4 is 5.73 Å². The molecule has 0 spiro atoms. The zero-order chi connectivity index (χ0) is 12.6. The summed E-state index contributed by atoms with van der Waals surface area (Å²) in [6.07, 6.45) is 9.09. The first-order valence-corrected chi connectivity index (χ1v) is 7.26. The van der Waals surface area contributed by atoms with E-state index in [1.54, 1.807) is 0 Å². The van der Waals surface area contributed by atoms with Gasteiger partial charge < -0.3 is 10.3 Å². The SMILES string of the molecule is CC1CCC(c2noc(CC3(N)CCCC3)n2)C1. The topological polar surface area (TPSA) is 64.9 Å². The minimum absolute atomic E-state index is 0.0905. The van der Waals surface area contributed by atoms with Crippen molar-refractivity contribution < 1.29 is 4.52 Å². The van der Waals surface area contributed by atoms with Gasteiger partial charge in [0.25, 0.3) is 0 Å². The molecule has 2 fully saturated rings. The van der Waals surface area contributed by atoms with Crippen LogP contribution in [0.3, 0.4) is 0 Å². The van der Waals surface area contributed by atoms with Gasteiger partial charge in [-0.25, -0.2) is 0 Å². The largest absolute Gasteiger partial charge is 0.339 e. The molecule has 1 aromatic heterocycles. The second-order valence-corrected chi connectivity index (χ2v) is 6.41. The number of nitrogens with zero attached hydrogens (tertiary/aromatic N) is 2. The van der Waals surface area contributed by atoms with Crippen LogP contribution in [-0.2, 0) is 6.42 Å². The van der Waals surface area contributed by atoms with Gasteiger partial charge in [-0.2, -0.15) is 4.98 Å². The molecule has 4 heteroatoms. The summed E-state index contributed by atoms with van der Waals surface area (Å²) in [6.45, 7) is 2.30. The Kier molecular flexibility index (Phi) is 3.14. The molecule has 0 aliphatic heterocycles. The molecule has 100 valence electrons. The summed E-state index contributed by atoms with van der Waals surface area (Å²) in [4.78, 5) is 4.58. The van der Waals surface area contributed by atoms with Crippen LogP contribution in [0, 0.1) is 5.92 Å². The van der Waals surface area contributed by atoms with Crippen molar-refractivity contribution in [2.45, 2.75) is 69.7 Å². The summed E-state index contributed by atoms with van der Waals surface area (Å²) in [6, 6.07) is 0. The number of rotatable bonds is 3. The lowest BCUT2D eigenvalue weighted by molar-refractivity contribution is 0.325. The fourth-order valence-electron chi connectivity index (χ4n) is 3.50. The molecule has 2 unspecified atom stereocenters. The van der Waals surface area contributed by atoms with Gasteiger partial charge in [0, 0.05) is 17.9 Å². The molecule has 2 aliphatic carbocycles. The lowest BCUT2D eigenvalue weighted by atomic mass is 9.95. The number of hydrogen-bond acceptors (Lipinski definition) is 4.